The van der Waals surface area contributed by atoms with Crippen molar-refractivity contribution in [1.29, 1.82) is 0 Å². The Labute approximate surface area is 217 Å². The van der Waals surface area contributed by atoms with Gasteiger partial charge in [0.15, 0.2) is 0 Å². The van der Waals surface area contributed by atoms with Gasteiger partial charge in [-0.05, 0) is 80.6 Å². The zero-order valence-corrected chi connectivity index (χ0v) is 22.3. The second-order valence-electron chi connectivity index (χ2n) is 9.83. The van der Waals surface area contributed by atoms with Crippen LogP contribution in [0.5, 0.6) is 5.75 Å². The lowest BCUT2D eigenvalue weighted by Crippen LogP contribution is -2.48. The van der Waals surface area contributed by atoms with Crippen molar-refractivity contribution in [3.63, 3.8) is 0 Å². The smallest absolute Gasteiger partial charge is 0.269 e. The molecule has 0 radical (unpaired) electrons. The molecule has 0 aromatic heterocycles. The predicted octanol–water partition coefficient (Wildman–Crippen LogP) is 8.01. The summed E-state index contributed by atoms with van der Waals surface area (Å²) in [5.41, 5.74) is 4.64. The van der Waals surface area contributed by atoms with Crippen LogP contribution in [0.1, 0.15) is 57.6 Å². The van der Waals surface area contributed by atoms with Gasteiger partial charge < -0.3 is 9.64 Å². The van der Waals surface area contributed by atoms with Crippen LogP contribution in [0.3, 0.4) is 0 Å². The van der Waals surface area contributed by atoms with Gasteiger partial charge in [0.1, 0.15) is 5.75 Å². The fourth-order valence-electron chi connectivity index (χ4n) is 4.97. The normalized spacial score (nSPS) is 16.7. The van der Waals surface area contributed by atoms with E-state index >= 15 is 0 Å². The number of non-ortho nitro benzene ring substituents is 1. The summed E-state index contributed by atoms with van der Waals surface area (Å²) < 4.78 is 5.78. The van der Waals surface area contributed by atoms with E-state index in [-0.39, 0.29) is 16.1 Å². The van der Waals surface area contributed by atoms with Gasteiger partial charge >= 0.3 is 0 Å². The molecule has 0 bridgehead atoms. The average Bonchev–Trinajstić information content (AvgIpc) is 2.85. The highest BCUT2D eigenvalue weighted by atomic mass is 32.2. The highest BCUT2D eigenvalue weighted by molar-refractivity contribution is 7.99. The van der Waals surface area contributed by atoms with Crippen LogP contribution in [0.15, 0.2) is 75.4 Å². The van der Waals surface area contributed by atoms with Crippen LogP contribution in [0.4, 0.5) is 17.1 Å². The van der Waals surface area contributed by atoms with Crippen molar-refractivity contribution in [1.82, 2.24) is 0 Å². The van der Waals surface area contributed by atoms with Crippen molar-refractivity contribution >= 4 is 35.0 Å². The number of hydrogen-bond donors (Lipinski definition) is 0. The van der Waals surface area contributed by atoms with Gasteiger partial charge in [0.25, 0.3) is 5.69 Å². The molecule has 0 fully saturated rings. The van der Waals surface area contributed by atoms with Crippen LogP contribution in [0.25, 0.3) is 0 Å². The van der Waals surface area contributed by atoms with Gasteiger partial charge in [0.2, 0.25) is 0 Å². The molecule has 3 aromatic carbocycles. The number of rotatable bonds is 8. The summed E-state index contributed by atoms with van der Waals surface area (Å²) in [6.07, 6.45) is 4.09. The molecule has 1 aliphatic heterocycles. The first-order valence-electron chi connectivity index (χ1n) is 12.3. The standard InChI is InChI=1S/C29H33N3O3S/c1-6-15-31-27-17-28(35-5)21(16-26(27)20(2)18-29(31,3)4)19-30-22-7-11-24(12-8-22)36-25-13-9-23(10-14-25)32(33)34/h7-14,16-17,19-20H,6,15,18H2,1-5H3. The third-order valence-electron chi connectivity index (χ3n) is 6.66. The Hall–Kier alpha value is -3.32. The monoisotopic (exact) mass is 503 g/mol. The summed E-state index contributed by atoms with van der Waals surface area (Å²) >= 11 is 1.56. The molecule has 0 amide bonds. The number of anilines is 1. The Morgan fingerprint density at radius 1 is 1.14 bits per heavy atom. The topological polar surface area (TPSA) is 68.0 Å². The quantitative estimate of drug-likeness (QED) is 0.177. The molecule has 4 rings (SSSR count). The number of aliphatic imine (C=N–C) groups is 1. The van der Waals surface area contributed by atoms with E-state index in [0.29, 0.717) is 5.92 Å². The molecule has 188 valence electrons. The molecule has 36 heavy (non-hydrogen) atoms. The predicted molar refractivity (Wildman–Crippen MR) is 149 cm³/mol. The van der Waals surface area contributed by atoms with E-state index < -0.39 is 0 Å². The van der Waals surface area contributed by atoms with Crippen molar-refractivity contribution in [2.45, 2.75) is 61.8 Å². The summed E-state index contributed by atoms with van der Waals surface area (Å²) in [6.45, 7) is 10.2. The second kappa shape index (κ2) is 10.7. The number of methoxy groups -OCH3 is 1. The molecule has 0 saturated carbocycles. The maximum absolute atomic E-state index is 10.8. The number of benzene rings is 3. The van der Waals surface area contributed by atoms with E-state index in [2.05, 4.69) is 44.7 Å². The molecule has 1 heterocycles. The summed E-state index contributed by atoms with van der Waals surface area (Å²) in [7, 11) is 1.71. The van der Waals surface area contributed by atoms with Crippen molar-refractivity contribution in [3.8, 4) is 5.75 Å². The molecule has 0 saturated heterocycles. The first-order chi connectivity index (χ1) is 17.2. The molecule has 6 nitrogen and oxygen atoms in total. The Bertz CT molecular complexity index is 1250. The number of nitrogens with zero attached hydrogens (tertiary/aromatic N) is 3. The fourth-order valence-corrected chi connectivity index (χ4v) is 5.78. The average molecular weight is 504 g/mol. The van der Waals surface area contributed by atoms with Crippen molar-refractivity contribution < 1.29 is 9.66 Å². The largest absolute Gasteiger partial charge is 0.496 e. The van der Waals surface area contributed by atoms with Crippen LogP contribution < -0.4 is 9.64 Å². The van der Waals surface area contributed by atoms with E-state index in [0.717, 1.165) is 46.2 Å². The first-order valence-corrected chi connectivity index (χ1v) is 13.1. The van der Waals surface area contributed by atoms with Crippen LogP contribution in [0.2, 0.25) is 0 Å². The summed E-state index contributed by atoms with van der Waals surface area (Å²) in [6, 6.07) is 19.0. The molecule has 7 heteroatoms. The minimum Gasteiger partial charge on any atom is -0.496 e. The van der Waals surface area contributed by atoms with E-state index in [9.17, 15) is 10.1 Å². The number of nitro benzene ring substituents is 1. The van der Waals surface area contributed by atoms with Gasteiger partial charge in [-0.25, -0.2) is 0 Å². The first kappa shape index (κ1) is 25.8. The van der Waals surface area contributed by atoms with Crippen LogP contribution in [0, 0.1) is 10.1 Å². The van der Waals surface area contributed by atoms with Gasteiger partial charge in [-0.1, -0.05) is 25.6 Å². The number of ether oxygens (including phenoxy) is 1. The van der Waals surface area contributed by atoms with E-state index in [1.165, 1.54) is 23.4 Å². The van der Waals surface area contributed by atoms with Crippen molar-refractivity contribution in [2.75, 3.05) is 18.6 Å². The highest BCUT2D eigenvalue weighted by Gasteiger charge is 2.36. The highest BCUT2D eigenvalue weighted by Crippen LogP contribution is 2.45. The number of fused-ring (bicyclic) bond motifs is 1. The molecular weight excluding hydrogens is 470 g/mol. The molecular formula is C29H33N3O3S. The lowest BCUT2D eigenvalue weighted by molar-refractivity contribution is -0.384. The molecule has 3 aromatic rings. The summed E-state index contributed by atoms with van der Waals surface area (Å²) in [5.74, 6) is 1.28. The maximum atomic E-state index is 10.8. The second-order valence-corrected chi connectivity index (χ2v) is 11.0. The zero-order valence-electron chi connectivity index (χ0n) is 21.5. The Morgan fingerprint density at radius 2 is 1.78 bits per heavy atom. The van der Waals surface area contributed by atoms with Crippen LogP contribution in [-0.2, 0) is 0 Å². The minimum absolute atomic E-state index is 0.0952. The van der Waals surface area contributed by atoms with Gasteiger partial charge in [-0.3, -0.25) is 15.1 Å². The maximum Gasteiger partial charge on any atom is 0.269 e. The summed E-state index contributed by atoms with van der Waals surface area (Å²) in [5, 5.41) is 10.8. The molecule has 1 unspecified atom stereocenters. The Morgan fingerprint density at radius 3 is 2.36 bits per heavy atom. The van der Waals surface area contributed by atoms with Gasteiger partial charge in [-0.15, -0.1) is 0 Å². The minimum atomic E-state index is -0.387. The van der Waals surface area contributed by atoms with Crippen molar-refractivity contribution in [3.05, 3.63) is 81.9 Å². The zero-order chi connectivity index (χ0) is 25.9. The molecule has 0 spiro atoms. The Kier molecular flexibility index (Phi) is 7.69. The molecule has 0 N–H and O–H groups in total. The van der Waals surface area contributed by atoms with Gasteiger partial charge in [-0.2, -0.15) is 0 Å². The molecule has 1 aliphatic rings. The number of nitro groups is 1. The van der Waals surface area contributed by atoms with Crippen LogP contribution >= 0.6 is 11.8 Å². The van der Waals surface area contributed by atoms with Crippen LogP contribution in [-0.4, -0.2) is 30.3 Å². The van der Waals surface area contributed by atoms with E-state index in [1.54, 1.807) is 31.0 Å². The molecule has 1 atom stereocenters. The lowest BCUT2D eigenvalue weighted by atomic mass is 9.79. The molecule has 0 aliphatic carbocycles. The fraction of sp³-hybridized carbons (Fsp3) is 0.345. The lowest BCUT2D eigenvalue weighted by Gasteiger charge is -2.47. The van der Waals surface area contributed by atoms with Crippen molar-refractivity contribution in [2.24, 2.45) is 4.99 Å². The Balaban J connectivity index is 1.54. The van der Waals surface area contributed by atoms with E-state index in [1.807, 2.05) is 30.5 Å². The van der Waals surface area contributed by atoms with E-state index in [4.69, 9.17) is 9.73 Å². The third-order valence-corrected chi connectivity index (χ3v) is 7.67. The SMILES string of the molecule is CCCN1c2cc(OC)c(C=Nc3ccc(Sc4ccc([N+](=O)[O-])cc4)cc3)cc2C(C)CC1(C)C. The summed E-state index contributed by atoms with van der Waals surface area (Å²) in [4.78, 5) is 19.7. The van der Waals surface area contributed by atoms with Gasteiger partial charge in [0, 0.05) is 57.5 Å². The number of hydrogen-bond acceptors (Lipinski definition) is 6. The third kappa shape index (κ3) is 5.57. The van der Waals surface area contributed by atoms with Gasteiger partial charge in [0.05, 0.1) is 17.7 Å².